The van der Waals surface area contributed by atoms with Gasteiger partial charge in [-0.2, -0.15) is 0 Å². The second-order valence-electron chi connectivity index (χ2n) is 5.74. The second kappa shape index (κ2) is 8.74. The number of rotatable bonds is 7. The molecule has 1 aliphatic rings. The Labute approximate surface area is 136 Å². The summed E-state index contributed by atoms with van der Waals surface area (Å²) in [6.07, 6.45) is 3.99. The molecule has 6 nitrogen and oxygen atoms in total. The van der Waals surface area contributed by atoms with Crippen LogP contribution in [0.3, 0.4) is 0 Å². The van der Waals surface area contributed by atoms with Crippen LogP contribution in [0.4, 0.5) is 0 Å². The number of amides is 1. The summed E-state index contributed by atoms with van der Waals surface area (Å²) >= 11 is 0. The van der Waals surface area contributed by atoms with Crippen LogP contribution in [-0.4, -0.2) is 49.1 Å². The average Bonchev–Trinajstić information content (AvgIpc) is 2.60. The van der Waals surface area contributed by atoms with Crippen molar-refractivity contribution >= 4 is 5.91 Å². The minimum absolute atomic E-state index is 0.00478. The Hall–Kier alpha value is -1.79. The molecule has 128 valence electrons. The van der Waals surface area contributed by atoms with Gasteiger partial charge in [-0.3, -0.25) is 4.79 Å². The van der Waals surface area contributed by atoms with E-state index in [4.69, 9.17) is 14.6 Å². The lowest BCUT2D eigenvalue weighted by molar-refractivity contribution is 0.0872. The molecule has 6 heteroatoms. The van der Waals surface area contributed by atoms with Crippen molar-refractivity contribution in [3.05, 3.63) is 23.8 Å². The van der Waals surface area contributed by atoms with Gasteiger partial charge in [-0.1, -0.05) is 12.8 Å². The molecule has 1 aliphatic carbocycles. The molecular formula is C17H25NO5. The first-order chi connectivity index (χ1) is 11.2. The van der Waals surface area contributed by atoms with Crippen LogP contribution < -0.4 is 14.8 Å². The number of nitrogens with one attached hydrogen (secondary N) is 1. The van der Waals surface area contributed by atoms with E-state index in [1.165, 1.54) is 7.11 Å². The van der Waals surface area contributed by atoms with Crippen LogP contribution >= 0.6 is 0 Å². The summed E-state index contributed by atoms with van der Waals surface area (Å²) in [6.45, 7) is 0.120. The van der Waals surface area contributed by atoms with Crippen molar-refractivity contribution in [3.8, 4) is 11.5 Å². The SMILES string of the molecule is COc1ccc(C(=O)N[C@H]2CCCC[C@H]2CO)cc1OCCO. The fourth-order valence-electron chi connectivity index (χ4n) is 2.95. The van der Waals surface area contributed by atoms with E-state index in [-0.39, 0.29) is 37.7 Å². The lowest BCUT2D eigenvalue weighted by Crippen LogP contribution is -2.43. The van der Waals surface area contributed by atoms with E-state index in [1.54, 1.807) is 18.2 Å². The van der Waals surface area contributed by atoms with Crippen molar-refractivity contribution in [2.45, 2.75) is 31.7 Å². The number of benzene rings is 1. The van der Waals surface area contributed by atoms with Gasteiger partial charge in [0.2, 0.25) is 0 Å². The molecule has 0 aromatic heterocycles. The Bertz CT molecular complexity index is 520. The van der Waals surface area contributed by atoms with Crippen molar-refractivity contribution in [3.63, 3.8) is 0 Å². The summed E-state index contributed by atoms with van der Waals surface area (Å²) in [6, 6.07) is 4.97. The highest BCUT2D eigenvalue weighted by molar-refractivity contribution is 5.95. The lowest BCUT2D eigenvalue weighted by Gasteiger charge is -2.30. The van der Waals surface area contributed by atoms with Gasteiger partial charge in [0.1, 0.15) is 6.61 Å². The normalized spacial score (nSPS) is 20.8. The zero-order chi connectivity index (χ0) is 16.7. The molecule has 0 spiro atoms. The largest absolute Gasteiger partial charge is 0.493 e. The summed E-state index contributed by atoms with van der Waals surface area (Å²) in [4.78, 5) is 12.5. The Balaban J connectivity index is 2.08. The summed E-state index contributed by atoms with van der Waals surface area (Å²) in [5.74, 6) is 0.875. The van der Waals surface area contributed by atoms with Gasteiger partial charge in [-0.05, 0) is 31.0 Å². The van der Waals surface area contributed by atoms with Crippen LogP contribution in [0, 0.1) is 5.92 Å². The van der Waals surface area contributed by atoms with E-state index in [0.29, 0.717) is 17.1 Å². The van der Waals surface area contributed by atoms with Gasteiger partial charge in [-0.25, -0.2) is 0 Å². The second-order valence-corrected chi connectivity index (χ2v) is 5.74. The number of carbonyl (C=O) groups is 1. The molecule has 0 heterocycles. The van der Waals surface area contributed by atoms with E-state index < -0.39 is 0 Å². The molecule has 1 amide bonds. The maximum Gasteiger partial charge on any atom is 0.251 e. The summed E-state index contributed by atoms with van der Waals surface area (Å²) in [5, 5.41) is 21.3. The molecule has 0 radical (unpaired) electrons. The van der Waals surface area contributed by atoms with Crippen molar-refractivity contribution in [2.75, 3.05) is 26.9 Å². The van der Waals surface area contributed by atoms with Crippen LogP contribution in [0.25, 0.3) is 0 Å². The van der Waals surface area contributed by atoms with Crippen LogP contribution in [0.2, 0.25) is 0 Å². The third-order valence-electron chi connectivity index (χ3n) is 4.23. The Morgan fingerprint density at radius 2 is 2.04 bits per heavy atom. The van der Waals surface area contributed by atoms with Crippen LogP contribution in [0.1, 0.15) is 36.0 Å². The lowest BCUT2D eigenvalue weighted by atomic mass is 9.85. The molecule has 1 aromatic rings. The van der Waals surface area contributed by atoms with Gasteiger partial charge in [0, 0.05) is 24.1 Å². The highest BCUT2D eigenvalue weighted by Gasteiger charge is 2.26. The van der Waals surface area contributed by atoms with Crippen molar-refractivity contribution in [1.29, 1.82) is 0 Å². The Morgan fingerprint density at radius 3 is 2.74 bits per heavy atom. The number of carbonyl (C=O) groups excluding carboxylic acids is 1. The van der Waals surface area contributed by atoms with Crippen LogP contribution in [0.5, 0.6) is 11.5 Å². The van der Waals surface area contributed by atoms with Gasteiger partial charge in [0.05, 0.1) is 13.7 Å². The van der Waals surface area contributed by atoms with E-state index in [2.05, 4.69) is 5.32 Å². The monoisotopic (exact) mass is 323 g/mol. The maximum atomic E-state index is 12.5. The first-order valence-corrected chi connectivity index (χ1v) is 8.03. The average molecular weight is 323 g/mol. The molecule has 1 aromatic carbocycles. The van der Waals surface area contributed by atoms with Gasteiger partial charge < -0.3 is 25.0 Å². The van der Waals surface area contributed by atoms with Gasteiger partial charge >= 0.3 is 0 Å². The number of aliphatic hydroxyl groups is 2. The molecule has 2 rings (SSSR count). The number of ether oxygens (including phenoxy) is 2. The molecule has 3 N–H and O–H groups in total. The number of hydrogen-bond donors (Lipinski definition) is 3. The predicted octanol–water partition coefficient (Wildman–Crippen LogP) is 1.35. The third-order valence-corrected chi connectivity index (χ3v) is 4.23. The minimum atomic E-state index is -0.188. The highest BCUT2D eigenvalue weighted by atomic mass is 16.5. The molecule has 23 heavy (non-hydrogen) atoms. The van der Waals surface area contributed by atoms with E-state index in [1.807, 2.05) is 0 Å². The summed E-state index contributed by atoms with van der Waals surface area (Å²) < 4.78 is 10.6. The predicted molar refractivity (Wildman–Crippen MR) is 85.9 cm³/mol. The number of aliphatic hydroxyl groups excluding tert-OH is 2. The summed E-state index contributed by atoms with van der Waals surface area (Å²) in [7, 11) is 1.52. The van der Waals surface area contributed by atoms with Crippen molar-refractivity contribution in [1.82, 2.24) is 5.32 Å². The summed E-state index contributed by atoms with van der Waals surface area (Å²) in [5.41, 5.74) is 0.473. The Morgan fingerprint density at radius 1 is 1.26 bits per heavy atom. The van der Waals surface area contributed by atoms with Crippen LogP contribution in [0.15, 0.2) is 18.2 Å². The quantitative estimate of drug-likeness (QED) is 0.705. The van der Waals surface area contributed by atoms with Gasteiger partial charge in [-0.15, -0.1) is 0 Å². The molecule has 1 fully saturated rings. The molecule has 0 saturated heterocycles. The van der Waals surface area contributed by atoms with Crippen molar-refractivity contribution < 1.29 is 24.5 Å². The molecule has 1 saturated carbocycles. The van der Waals surface area contributed by atoms with Gasteiger partial charge in [0.25, 0.3) is 5.91 Å². The highest BCUT2D eigenvalue weighted by Crippen LogP contribution is 2.29. The number of methoxy groups -OCH3 is 1. The molecule has 0 bridgehead atoms. The topological polar surface area (TPSA) is 88.0 Å². The van der Waals surface area contributed by atoms with E-state index >= 15 is 0 Å². The van der Waals surface area contributed by atoms with E-state index in [0.717, 1.165) is 25.7 Å². The van der Waals surface area contributed by atoms with Gasteiger partial charge in [0.15, 0.2) is 11.5 Å². The molecule has 2 atom stereocenters. The zero-order valence-electron chi connectivity index (χ0n) is 13.5. The van der Waals surface area contributed by atoms with Crippen molar-refractivity contribution in [2.24, 2.45) is 5.92 Å². The first kappa shape index (κ1) is 17.6. The van der Waals surface area contributed by atoms with E-state index in [9.17, 15) is 9.90 Å². The molecule has 0 unspecified atom stereocenters. The number of hydrogen-bond acceptors (Lipinski definition) is 5. The fourth-order valence-corrected chi connectivity index (χ4v) is 2.95. The Kier molecular flexibility index (Phi) is 6.67. The molecular weight excluding hydrogens is 298 g/mol. The smallest absolute Gasteiger partial charge is 0.251 e. The fraction of sp³-hybridized carbons (Fsp3) is 0.588. The standard InChI is InChI=1S/C17H25NO5/c1-22-15-7-6-12(10-16(15)23-9-8-19)17(21)18-14-5-3-2-4-13(14)11-20/h6-7,10,13-14,19-20H,2-5,8-9,11H2,1H3,(H,18,21)/t13-,14-/m0/s1. The minimum Gasteiger partial charge on any atom is -0.493 e. The zero-order valence-corrected chi connectivity index (χ0v) is 13.5. The first-order valence-electron chi connectivity index (χ1n) is 8.03. The third kappa shape index (κ3) is 4.59. The maximum absolute atomic E-state index is 12.5. The molecule has 0 aliphatic heterocycles. The van der Waals surface area contributed by atoms with Crippen LogP contribution in [-0.2, 0) is 0 Å².